The summed E-state index contributed by atoms with van der Waals surface area (Å²) >= 11 is 6.19. The summed E-state index contributed by atoms with van der Waals surface area (Å²) in [6.45, 7) is 4.49. The lowest BCUT2D eigenvalue weighted by molar-refractivity contribution is -0.123. The summed E-state index contributed by atoms with van der Waals surface area (Å²) in [6.07, 6.45) is 1.65. The number of urea groups is 1. The molecule has 0 saturated carbocycles. The number of benzene rings is 1. The molecule has 0 bridgehead atoms. The van der Waals surface area contributed by atoms with Crippen molar-refractivity contribution in [3.63, 3.8) is 0 Å². The molecule has 4 amide bonds. The van der Waals surface area contributed by atoms with Crippen molar-refractivity contribution in [2.24, 2.45) is 5.92 Å². The van der Waals surface area contributed by atoms with Gasteiger partial charge in [0.2, 0.25) is 5.91 Å². The van der Waals surface area contributed by atoms with E-state index in [0.717, 1.165) is 5.69 Å². The molecule has 0 aliphatic carbocycles. The van der Waals surface area contributed by atoms with Gasteiger partial charge in [-0.1, -0.05) is 31.5 Å². The van der Waals surface area contributed by atoms with Crippen LogP contribution in [0.5, 0.6) is 0 Å². The van der Waals surface area contributed by atoms with Gasteiger partial charge >= 0.3 is 6.03 Å². The molecule has 1 heterocycles. The Morgan fingerprint density at radius 1 is 1.03 bits per heavy atom. The highest BCUT2D eigenvalue weighted by Crippen LogP contribution is 2.21. The van der Waals surface area contributed by atoms with Gasteiger partial charge in [-0.25, -0.2) is 4.79 Å². The van der Waals surface area contributed by atoms with Crippen molar-refractivity contribution in [2.75, 3.05) is 18.4 Å². The van der Waals surface area contributed by atoms with Crippen LogP contribution < -0.4 is 21.3 Å². The number of carbonyl (C=O) groups is 3. The third kappa shape index (κ3) is 7.42. The van der Waals surface area contributed by atoms with Crippen LogP contribution in [0.4, 0.5) is 10.5 Å². The van der Waals surface area contributed by atoms with E-state index >= 15 is 0 Å². The molecule has 4 N–H and O–H groups in total. The number of hydrogen-bond acceptors (Lipinski definition) is 4. The summed E-state index contributed by atoms with van der Waals surface area (Å²) in [4.78, 5) is 39.8. The van der Waals surface area contributed by atoms with Gasteiger partial charge in [0.15, 0.2) is 0 Å². The average molecular weight is 418 g/mol. The molecule has 0 atom stereocenters. The largest absolute Gasteiger partial charge is 0.354 e. The maximum absolute atomic E-state index is 12.3. The number of amides is 4. The summed E-state index contributed by atoms with van der Waals surface area (Å²) in [5.74, 6) is -0.515. The molecule has 8 nitrogen and oxygen atoms in total. The van der Waals surface area contributed by atoms with Crippen LogP contribution in [-0.2, 0) is 11.3 Å². The highest BCUT2D eigenvalue weighted by atomic mass is 35.5. The van der Waals surface area contributed by atoms with Gasteiger partial charge in [0, 0.05) is 30.9 Å². The first-order valence-electron chi connectivity index (χ1n) is 9.17. The van der Waals surface area contributed by atoms with Gasteiger partial charge < -0.3 is 21.3 Å². The molecule has 0 fully saturated rings. The molecule has 0 saturated heterocycles. The Morgan fingerprint density at radius 3 is 2.45 bits per heavy atom. The Bertz CT molecular complexity index is 858. The predicted octanol–water partition coefficient (Wildman–Crippen LogP) is 2.56. The lowest BCUT2D eigenvalue weighted by Gasteiger charge is -2.11. The van der Waals surface area contributed by atoms with E-state index in [4.69, 9.17) is 11.6 Å². The highest BCUT2D eigenvalue weighted by molar-refractivity contribution is 6.34. The molecule has 2 rings (SSSR count). The lowest BCUT2D eigenvalue weighted by atomic mass is 10.2. The first kappa shape index (κ1) is 22.2. The first-order valence-corrected chi connectivity index (χ1v) is 9.55. The first-order chi connectivity index (χ1) is 13.9. The van der Waals surface area contributed by atoms with E-state index in [-0.39, 0.29) is 35.8 Å². The van der Waals surface area contributed by atoms with Gasteiger partial charge in [-0.3, -0.25) is 14.6 Å². The van der Waals surface area contributed by atoms with Crippen LogP contribution >= 0.6 is 11.6 Å². The maximum Gasteiger partial charge on any atom is 0.319 e. The van der Waals surface area contributed by atoms with Gasteiger partial charge in [0.05, 0.1) is 22.8 Å². The summed E-state index contributed by atoms with van der Waals surface area (Å²) < 4.78 is 0. The molecule has 0 aliphatic heterocycles. The van der Waals surface area contributed by atoms with Crippen molar-refractivity contribution >= 4 is 35.1 Å². The van der Waals surface area contributed by atoms with E-state index in [1.807, 2.05) is 12.1 Å². The van der Waals surface area contributed by atoms with Gasteiger partial charge in [0.1, 0.15) is 0 Å². The minimum absolute atomic E-state index is 0.0732. The van der Waals surface area contributed by atoms with E-state index < -0.39 is 6.03 Å². The Labute approximate surface area is 174 Å². The second-order valence-corrected chi connectivity index (χ2v) is 6.93. The maximum atomic E-state index is 12.3. The molecule has 154 valence electrons. The summed E-state index contributed by atoms with van der Waals surface area (Å²) in [6, 6.07) is 9.62. The minimum atomic E-state index is -0.438. The van der Waals surface area contributed by atoms with Crippen LogP contribution in [0.25, 0.3) is 0 Å². The smallest absolute Gasteiger partial charge is 0.319 e. The third-order valence-electron chi connectivity index (χ3n) is 3.86. The summed E-state index contributed by atoms with van der Waals surface area (Å²) in [5.41, 5.74) is 1.47. The van der Waals surface area contributed by atoms with Crippen molar-refractivity contribution in [3.8, 4) is 0 Å². The van der Waals surface area contributed by atoms with E-state index in [1.54, 1.807) is 32.2 Å². The molecule has 2 aromatic rings. The van der Waals surface area contributed by atoms with Gasteiger partial charge in [0.25, 0.3) is 5.91 Å². The quantitative estimate of drug-likeness (QED) is 0.494. The number of carbonyl (C=O) groups excluding carboxylic acids is 3. The molecule has 0 aliphatic rings. The number of aromatic nitrogens is 1. The predicted molar refractivity (Wildman–Crippen MR) is 112 cm³/mol. The van der Waals surface area contributed by atoms with E-state index in [1.165, 1.54) is 12.1 Å². The molecule has 29 heavy (non-hydrogen) atoms. The molecular formula is C20H24ClN5O3. The fraction of sp³-hybridized carbons (Fsp3) is 0.300. The lowest BCUT2D eigenvalue weighted by Crippen LogP contribution is -2.38. The monoisotopic (exact) mass is 417 g/mol. The minimum Gasteiger partial charge on any atom is -0.354 e. The molecular weight excluding hydrogens is 394 g/mol. The van der Waals surface area contributed by atoms with Crippen molar-refractivity contribution in [1.29, 1.82) is 0 Å². The highest BCUT2D eigenvalue weighted by Gasteiger charge is 2.12. The Morgan fingerprint density at radius 2 is 1.79 bits per heavy atom. The van der Waals surface area contributed by atoms with Crippen molar-refractivity contribution in [1.82, 2.24) is 20.9 Å². The normalized spacial score (nSPS) is 10.3. The standard InChI is InChI=1S/C20H24ClN5O3/c1-13(2)18(27)23-9-10-24-20(29)26-14-6-7-16(17(21)11-14)19(28)25-12-15-5-3-4-8-22-15/h3-8,11,13H,9-10,12H2,1-2H3,(H,23,27)(H,25,28)(H2,24,26,29). The van der Waals surface area contributed by atoms with Crippen LogP contribution in [0.2, 0.25) is 5.02 Å². The molecule has 1 aromatic heterocycles. The molecule has 0 radical (unpaired) electrons. The molecule has 1 aromatic carbocycles. The van der Waals surface area contributed by atoms with Crippen LogP contribution in [0.15, 0.2) is 42.6 Å². The molecule has 9 heteroatoms. The number of nitrogens with zero attached hydrogens (tertiary/aromatic N) is 1. The topological polar surface area (TPSA) is 112 Å². The number of pyridine rings is 1. The van der Waals surface area contributed by atoms with E-state index in [9.17, 15) is 14.4 Å². The zero-order valence-electron chi connectivity index (χ0n) is 16.3. The summed E-state index contributed by atoms with van der Waals surface area (Å²) in [5, 5.41) is 10.9. The molecule has 0 unspecified atom stereocenters. The Kier molecular flexibility index (Phi) is 8.42. The summed E-state index contributed by atoms with van der Waals surface area (Å²) in [7, 11) is 0. The number of rotatable bonds is 8. The van der Waals surface area contributed by atoms with Crippen LogP contribution in [0.3, 0.4) is 0 Å². The Balaban J connectivity index is 1.81. The fourth-order valence-corrected chi connectivity index (χ4v) is 2.55. The number of halogens is 1. The zero-order chi connectivity index (χ0) is 21.2. The second kappa shape index (κ2) is 11.0. The van der Waals surface area contributed by atoms with E-state index in [2.05, 4.69) is 26.3 Å². The second-order valence-electron chi connectivity index (χ2n) is 6.53. The number of nitrogens with one attached hydrogen (secondary N) is 4. The zero-order valence-corrected chi connectivity index (χ0v) is 17.0. The van der Waals surface area contributed by atoms with Crippen molar-refractivity contribution < 1.29 is 14.4 Å². The van der Waals surface area contributed by atoms with Crippen LogP contribution in [0, 0.1) is 5.92 Å². The number of hydrogen-bond donors (Lipinski definition) is 4. The number of anilines is 1. The fourth-order valence-electron chi connectivity index (χ4n) is 2.29. The average Bonchev–Trinajstić information content (AvgIpc) is 2.70. The molecule has 0 spiro atoms. The van der Waals surface area contributed by atoms with Crippen LogP contribution in [0.1, 0.15) is 29.9 Å². The SMILES string of the molecule is CC(C)C(=O)NCCNC(=O)Nc1ccc(C(=O)NCc2ccccn2)c(Cl)c1. The third-order valence-corrected chi connectivity index (χ3v) is 4.17. The Hall–Kier alpha value is -3.13. The van der Waals surface area contributed by atoms with E-state index in [0.29, 0.717) is 17.8 Å². The van der Waals surface area contributed by atoms with Crippen molar-refractivity contribution in [3.05, 3.63) is 58.9 Å². The van der Waals surface area contributed by atoms with Crippen molar-refractivity contribution in [2.45, 2.75) is 20.4 Å². The van der Waals surface area contributed by atoms with Crippen LogP contribution in [-0.4, -0.2) is 35.9 Å². The van der Waals surface area contributed by atoms with Gasteiger partial charge in [-0.2, -0.15) is 0 Å². The van der Waals surface area contributed by atoms with Gasteiger partial charge in [-0.15, -0.1) is 0 Å². The van der Waals surface area contributed by atoms with Gasteiger partial charge in [-0.05, 0) is 30.3 Å².